The lowest BCUT2D eigenvalue weighted by Gasteiger charge is -2.28. The topological polar surface area (TPSA) is 16.1 Å². The lowest BCUT2D eigenvalue weighted by atomic mass is 10.1. The molecule has 0 aromatic carbocycles. The van der Waals surface area contributed by atoms with Crippen molar-refractivity contribution in [3.8, 4) is 0 Å². The molecule has 0 fully saturated rings. The molecule has 1 aliphatic heterocycles. The Labute approximate surface area is 107 Å². The molecule has 0 saturated carbocycles. The van der Waals surface area contributed by atoms with Crippen LogP contribution in [0.2, 0.25) is 0 Å². The third-order valence-corrected chi connectivity index (χ3v) is 4.30. The van der Waals surface area contributed by atoms with Crippen molar-refractivity contribution < 1.29 is 0 Å². The summed E-state index contributed by atoms with van der Waals surface area (Å²) < 4.78 is 0.904. The SMILES string of the molecule is Brc1cccc(N2CCc3sccc3C2)n1. The van der Waals surface area contributed by atoms with E-state index < -0.39 is 0 Å². The maximum Gasteiger partial charge on any atom is 0.130 e. The minimum Gasteiger partial charge on any atom is -0.352 e. The van der Waals surface area contributed by atoms with Crippen molar-refractivity contribution in [3.63, 3.8) is 0 Å². The van der Waals surface area contributed by atoms with Gasteiger partial charge >= 0.3 is 0 Å². The van der Waals surface area contributed by atoms with Gasteiger partial charge in [-0.25, -0.2) is 4.98 Å². The Kier molecular flexibility index (Phi) is 2.69. The molecule has 0 spiro atoms. The van der Waals surface area contributed by atoms with E-state index in [2.05, 4.69) is 43.3 Å². The van der Waals surface area contributed by atoms with Crippen LogP contribution in [0.15, 0.2) is 34.2 Å². The van der Waals surface area contributed by atoms with Crippen molar-refractivity contribution >= 4 is 33.1 Å². The quantitative estimate of drug-likeness (QED) is 0.749. The van der Waals surface area contributed by atoms with Gasteiger partial charge in [0, 0.05) is 18.0 Å². The minimum absolute atomic E-state index is 0.904. The first-order valence-corrected chi connectivity index (χ1v) is 6.93. The summed E-state index contributed by atoms with van der Waals surface area (Å²) in [5.41, 5.74) is 1.46. The van der Waals surface area contributed by atoms with Crippen LogP contribution in [0, 0.1) is 0 Å². The van der Waals surface area contributed by atoms with Crippen LogP contribution < -0.4 is 4.90 Å². The summed E-state index contributed by atoms with van der Waals surface area (Å²) in [6.45, 7) is 2.05. The summed E-state index contributed by atoms with van der Waals surface area (Å²) in [6, 6.07) is 8.30. The van der Waals surface area contributed by atoms with Gasteiger partial charge in [0.1, 0.15) is 10.4 Å². The number of fused-ring (bicyclic) bond motifs is 1. The number of rotatable bonds is 1. The first-order chi connectivity index (χ1) is 7.83. The molecule has 2 aromatic rings. The molecule has 82 valence electrons. The van der Waals surface area contributed by atoms with Crippen molar-refractivity contribution in [1.82, 2.24) is 4.98 Å². The number of aromatic nitrogens is 1. The fourth-order valence-corrected chi connectivity index (χ4v) is 3.24. The van der Waals surface area contributed by atoms with E-state index in [0.717, 1.165) is 29.9 Å². The maximum atomic E-state index is 4.50. The van der Waals surface area contributed by atoms with Gasteiger partial charge in [-0.15, -0.1) is 11.3 Å². The second kappa shape index (κ2) is 4.18. The largest absolute Gasteiger partial charge is 0.352 e. The van der Waals surface area contributed by atoms with Crippen molar-refractivity contribution in [2.45, 2.75) is 13.0 Å². The Morgan fingerprint density at radius 3 is 3.12 bits per heavy atom. The molecule has 0 amide bonds. The number of hydrogen-bond donors (Lipinski definition) is 0. The van der Waals surface area contributed by atoms with Crippen LogP contribution in [0.3, 0.4) is 0 Å². The molecular formula is C12H11BrN2S. The fourth-order valence-electron chi connectivity index (χ4n) is 2.02. The Bertz CT molecular complexity index is 509. The summed E-state index contributed by atoms with van der Waals surface area (Å²) in [5, 5.41) is 2.18. The summed E-state index contributed by atoms with van der Waals surface area (Å²) in [7, 11) is 0. The molecule has 0 bridgehead atoms. The second-order valence-electron chi connectivity index (χ2n) is 3.86. The van der Waals surface area contributed by atoms with Crippen LogP contribution in [-0.4, -0.2) is 11.5 Å². The third kappa shape index (κ3) is 1.87. The molecule has 0 radical (unpaired) electrons. The molecule has 0 N–H and O–H groups in total. The third-order valence-electron chi connectivity index (χ3n) is 2.83. The van der Waals surface area contributed by atoms with Gasteiger partial charge in [-0.1, -0.05) is 6.07 Å². The zero-order valence-electron chi connectivity index (χ0n) is 8.69. The van der Waals surface area contributed by atoms with E-state index in [1.807, 2.05) is 23.5 Å². The molecule has 1 aliphatic rings. The minimum atomic E-state index is 0.904. The van der Waals surface area contributed by atoms with Crippen molar-refractivity contribution in [2.75, 3.05) is 11.4 Å². The smallest absolute Gasteiger partial charge is 0.130 e. The average Bonchev–Trinajstić information content (AvgIpc) is 2.75. The number of anilines is 1. The van der Waals surface area contributed by atoms with E-state index in [0.29, 0.717) is 0 Å². The zero-order valence-corrected chi connectivity index (χ0v) is 11.1. The highest BCUT2D eigenvalue weighted by molar-refractivity contribution is 9.10. The van der Waals surface area contributed by atoms with Gasteiger partial charge in [-0.3, -0.25) is 0 Å². The highest BCUT2D eigenvalue weighted by Crippen LogP contribution is 2.27. The van der Waals surface area contributed by atoms with Gasteiger partial charge < -0.3 is 4.90 Å². The van der Waals surface area contributed by atoms with Crippen LogP contribution in [0.4, 0.5) is 5.82 Å². The average molecular weight is 295 g/mol. The van der Waals surface area contributed by atoms with Gasteiger partial charge in [-0.05, 0) is 51.5 Å². The van der Waals surface area contributed by atoms with Crippen molar-refractivity contribution in [1.29, 1.82) is 0 Å². The van der Waals surface area contributed by atoms with Crippen LogP contribution >= 0.6 is 27.3 Å². The lowest BCUT2D eigenvalue weighted by Crippen LogP contribution is -2.30. The Hall–Kier alpha value is -0.870. The van der Waals surface area contributed by atoms with Gasteiger partial charge in [0.25, 0.3) is 0 Å². The molecule has 2 aromatic heterocycles. The number of hydrogen-bond acceptors (Lipinski definition) is 3. The fraction of sp³-hybridized carbons (Fsp3) is 0.250. The highest BCUT2D eigenvalue weighted by atomic mass is 79.9. The molecule has 0 atom stereocenters. The lowest BCUT2D eigenvalue weighted by molar-refractivity contribution is 0.731. The van der Waals surface area contributed by atoms with Gasteiger partial charge in [-0.2, -0.15) is 0 Å². The van der Waals surface area contributed by atoms with Crippen molar-refractivity contribution in [2.24, 2.45) is 0 Å². The second-order valence-corrected chi connectivity index (χ2v) is 5.67. The van der Waals surface area contributed by atoms with E-state index in [1.165, 1.54) is 10.4 Å². The molecule has 3 heterocycles. The monoisotopic (exact) mass is 294 g/mol. The molecule has 3 rings (SSSR count). The van der Waals surface area contributed by atoms with Crippen LogP contribution in [0.5, 0.6) is 0 Å². The maximum absolute atomic E-state index is 4.50. The standard InChI is InChI=1S/C12H11BrN2S/c13-11-2-1-3-12(14-11)15-6-4-10-9(8-15)5-7-16-10/h1-3,5,7H,4,6,8H2. The van der Waals surface area contributed by atoms with Crippen molar-refractivity contribution in [3.05, 3.63) is 44.7 Å². The Morgan fingerprint density at radius 2 is 2.25 bits per heavy atom. The zero-order chi connectivity index (χ0) is 11.0. The van der Waals surface area contributed by atoms with Gasteiger partial charge in [0.2, 0.25) is 0 Å². The molecule has 0 unspecified atom stereocenters. The molecule has 16 heavy (non-hydrogen) atoms. The molecular weight excluding hydrogens is 284 g/mol. The van der Waals surface area contributed by atoms with E-state index in [4.69, 9.17) is 0 Å². The van der Waals surface area contributed by atoms with Crippen LogP contribution in [0.25, 0.3) is 0 Å². The number of pyridine rings is 1. The predicted molar refractivity (Wildman–Crippen MR) is 71.0 cm³/mol. The van der Waals surface area contributed by atoms with Crippen LogP contribution in [0.1, 0.15) is 10.4 Å². The predicted octanol–water partition coefficient (Wildman–Crippen LogP) is 3.47. The summed E-state index contributed by atoms with van der Waals surface area (Å²) in [6.07, 6.45) is 1.14. The molecule has 0 aliphatic carbocycles. The Balaban J connectivity index is 1.88. The first kappa shape index (κ1) is 10.3. The summed E-state index contributed by atoms with van der Waals surface area (Å²) >= 11 is 5.29. The summed E-state index contributed by atoms with van der Waals surface area (Å²) in [4.78, 5) is 8.37. The van der Waals surface area contributed by atoms with E-state index in [1.54, 1.807) is 0 Å². The molecule has 2 nitrogen and oxygen atoms in total. The normalized spacial score (nSPS) is 14.9. The van der Waals surface area contributed by atoms with Gasteiger partial charge in [0.05, 0.1) is 0 Å². The number of thiophene rings is 1. The van der Waals surface area contributed by atoms with Crippen LogP contribution in [-0.2, 0) is 13.0 Å². The number of halogens is 1. The Morgan fingerprint density at radius 1 is 1.31 bits per heavy atom. The first-order valence-electron chi connectivity index (χ1n) is 5.26. The van der Waals surface area contributed by atoms with Gasteiger partial charge in [0.15, 0.2) is 0 Å². The van der Waals surface area contributed by atoms with E-state index in [-0.39, 0.29) is 0 Å². The molecule has 0 saturated heterocycles. The molecule has 4 heteroatoms. The van der Waals surface area contributed by atoms with E-state index >= 15 is 0 Å². The summed E-state index contributed by atoms with van der Waals surface area (Å²) in [5.74, 6) is 1.06. The number of nitrogens with zero attached hydrogens (tertiary/aromatic N) is 2. The highest BCUT2D eigenvalue weighted by Gasteiger charge is 2.18. The van der Waals surface area contributed by atoms with E-state index in [9.17, 15) is 0 Å².